The van der Waals surface area contributed by atoms with Gasteiger partial charge in [-0.2, -0.15) is 0 Å². The molecule has 2 heterocycles. The molecule has 0 radical (unpaired) electrons. The molecular formula is C26H39NO3. The number of rotatable bonds is 9. The topological polar surface area (TPSA) is 41.9 Å². The molecule has 2 aliphatic heterocycles. The SMILES string of the molecule is CCCCCc1cc2c(c(O)c1CN1CCOCC1)C=CC(C)(CCC=C(C)C)O2. The first kappa shape index (κ1) is 22.9. The van der Waals surface area contributed by atoms with E-state index in [1.807, 2.05) is 0 Å². The average molecular weight is 414 g/mol. The van der Waals surface area contributed by atoms with Crippen LogP contribution in [-0.2, 0) is 17.7 Å². The Morgan fingerprint density at radius 2 is 2.00 bits per heavy atom. The lowest BCUT2D eigenvalue weighted by molar-refractivity contribution is 0.0337. The summed E-state index contributed by atoms with van der Waals surface area (Å²) < 4.78 is 12.0. The normalized spacial score (nSPS) is 21.2. The first-order valence-electron chi connectivity index (χ1n) is 11.6. The molecule has 0 spiro atoms. The molecule has 0 amide bonds. The molecule has 166 valence electrons. The van der Waals surface area contributed by atoms with Gasteiger partial charge in [0, 0.05) is 25.2 Å². The van der Waals surface area contributed by atoms with E-state index in [1.165, 1.54) is 24.0 Å². The van der Waals surface area contributed by atoms with Gasteiger partial charge in [0.15, 0.2) is 0 Å². The molecule has 1 saturated heterocycles. The molecule has 1 fully saturated rings. The van der Waals surface area contributed by atoms with Crippen molar-refractivity contribution < 1.29 is 14.6 Å². The highest BCUT2D eigenvalue weighted by molar-refractivity contribution is 5.70. The fourth-order valence-corrected chi connectivity index (χ4v) is 4.27. The second-order valence-electron chi connectivity index (χ2n) is 9.19. The number of hydrogen-bond acceptors (Lipinski definition) is 4. The number of morpholine rings is 1. The van der Waals surface area contributed by atoms with Gasteiger partial charge in [0.05, 0.1) is 18.8 Å². The average Bonchev–Trinajstić information content (AvgIpc) is 2.71. The van der Waals surface area contributed by atoms with E-state index >= 15 is 0 Å². The lowest BCUT2D eigenvalue weighted by Crippen LogP contribution is -2.36. The fraction of sp³-hybridized carbons (Fsp3) is 0.615. The summed E-state index contributed by atoms with van der Waals surface area (Å²) in [4.78, 5) is 2.38. The van der Waals surface area contributed by atoms with Gasteiger partial charge in [0.25, 0.3) is 0 Å². The number of fused-ring (bicyclic) bond motifs is 1. The molecule has 4 heteroatoms. The molecule has 30 heavy (non-hydrogen) atoms. The van der Waals surface area contributed by atoms with Crippen LogP contribution in [-0.4, -0.2) is 41.9 Å². The van der Waals surface area contributed by atoms with Crippen LogP contribution in [0.4, 0.5) is 0 Å². The summed E-state index contributed by atoms with van der Waals surface area (Å²) in [5.74, 6) is 1.22. The van der Waals surface area contributed by atoms with Crippen molar-refractivity contribution >= 4 is 6.08 Å². The van der Waals surface area contributed by atoms with Crippen molar-refractivity contribution in [3.8, 4) is 11.5 Å². The maximum absolute atomic E-state index is 11.2. The number of aromatic hydroxyl groups is 1. The highest BCUT2D eigenvalue weighted by Crippen LogP contribution is 2.42. The van der Waals surface area contributed by atoms with Crippen molar-refractivity contribution in [2.24, 2.45) is 0 Å². The van der Waals surface area contributed by atoms with Crippen molar-refractivity contribution in [1.29, 1.82) is 0 Å². The van der Waals surface area contributed by atoms with Crippen LogP contribution in [0, 0.1) is 0 Å². The molecule has 0 aromatic heterocycles. The second-order valence-corrected chi connectivity index (χ2v) is 9.19. The number of ether oxygens (including phenoxy) is 2. The third-order valence-electron chi connectivity index (χ3n) is 6.17. The number of benzene rings is 1. The van der Waals surface area contributed by atoms with Gasteiger partial charge in [0.2, 0.25) is 0 Å². The Balaban J connectivity index is 1.86. The first-order valence-corrected chi connectivity index (χ1v) is 11.6. The molecular weight excluding hydrogens is 374 g/mol. The zero-order chi connectivity index (χ0) is 21.6. The largest absolute Gasteiger partial charge is 0.507 e. The molecule has 3 rings (SSSR count). The van der Waals surface area contributed by atoms with Gasteiger partial charge in [0.1, 0.15) is 17.1 Å². The van der Waals surface area contributed by atoms with Gasteiger partial charge in [-0.15, -0.1) is 0 Å². The molecule has 0 saturated carbocycles. The van der Waals surface area contributed by atoms with Crippen LogP contribution >= 0.6 is 0 Å². The predicted molar refractivity (Wildman–Crippen MR) is 124 cm³/mol. The van der Waals surface area contributed by atoms with Crippen molar-refractivity contribution in [1.82, 2.24) is 4.90 Å². The van der Waals surface area contributed by atoms with Gasteiger partial charge >= 0.3 is 0 Å². The summed E-state index contributed by atoms with van der Waals surface area (Å²) in [6, 6.07) is 2.20. The molecule has 4 nitrogen and oxygen atoms in total. The Kier molecular flexibility index (Phi) is 8.01. The Labute approximate surface area is 182 Å². The number of allylic oxidation sites excluding steroid dienone is 2. The Morgan fingerprint density at radius 3 is 2.70 bits per heavy atom. The Morgan fingerprint density at radius 1 is 1.23 bits per heavy atom. The van der Waals surface area contributed by atoms with E-state index in [0.717, 1.165) is 75.4 Å². The zero-order valence-corrected chi connectivity index (χ0v) is 19.3. The molecule has 0 bridgehead atoms. The molecule has 1 unspecified atom stereocenters. The van der Waals surface area contributed by atoms with Crippen molar-refractivity contribution in [2.75, 3.05) is 26.3 Å². The minimum atomic E-state index is -0.336. The Bertz CT molecular complexity index is 773. The molecule has 1 aromatic rings. The number of phenolic OH excluding ortho intramolecular Hbond substituents is 1. The van der Waals surface area contributed by atoms with Crippen LogP contribution < -0.4 is 4.74 Å². The van der Waals surface area contributed by atoms with Gasteiger partial charge in [-0.05, 0) is 70.2 Å². The van der Waals surface area contributed by atoms with Gasteiger partial charge < -0.3 is 14.6 Å². The van der Waals surface area contributed by atoms with Gasteiger partial charge in [-0.1, -0.05) is 31.4 Å². The zero-order valence-electron chi connectivity index (χ0n) is 19.3. The quantitative estimate of drug-likeness (QED) is 0.406. The molecule has 1 atom stereocenters. The van der Waals surface area contributed by atoms with Crippen LogP contribution in [0.3, 0.4) is 0 Å². The Hall–Kier alpha value is -1.78. The standard InChI is InChI=1S/C26H39NO3/c1-5-6-7-10-21-18-24-22(11-13-26(4,30-24)12-8-9-20(2)3)25(28)23(21)19-27-14-16-29-17-15-27/h9,11,13,18,28H,5-8,10,12,14-17,19H2,1-4H3. The summed E-state index contributed by atoms with van der Waals surface area (Å²) in [5, 5.41) is 11.2. The summed E-state index contributed by atoms with van der Waals surface area (Å²) >= 11 is 0. The van der Waals surface area contributed by atoms with Crippen LogP contribution in [0.2, 0.25) is 0 Å². The van der Waals surface area contributed by atoms with E-state index in [2.05, 4.69) is 56.9 Å². The van der Waals surface area contributed by atoms with E-state index in [4.69, 9.17) is 9.47 Å². The van der Waals surface area contributed by atoms with Crippen molar-refractivity contribution in [3.63, 3.8) is 0 Å². The number of unbranched alkanes of at least 4 members (excludes halogenated alkanes) is 2. The van der Waals surface area contributed by atoms with E-state index in [0.29, 0.717) is 5.75 Å². The summed E-state index contributed by atoms with van der Waals surface area (Å²) in [5.41, 5.74) is 4.12. The van der Waals surface area contributed by atoms with Crippen molar-refractivity contribution in [2.45, 2.75) is 78.4 Å². The molecule has 2 aliphatic rings. The van der Waals surface area contributed by atoms with E-state index in [9.17, 15) is 5.11 Å². The highest BCUT2D eigenvalue weighted by Gasteiger charge is 2.30. The van der Waals surface area contributed by atoms with E-state index in [-0.39, 0.29) is 5.60 Å². The second kappa shape index (κ2) is 10.5. The van der Waals surface area contributed by atoms with Gasteiger partial charge in [-0.25, -0.2) is 0 Å². The molecule has 1 aromatic carbocycles. The van der Waals surface area contributed by atoms with Gasteiger partial charge in [-0.3, -0.25) is 4.90 Å². The predicted octanol–water partition coefficient (Wildman–Crippen LogP) is 5.87. The third kappa shape index (κ3) is 5.89. The van der Waals surface area contributed by atoms with E-state index in [1.54, 1.807) is 0 Å². The molecule has 1 N–H and O–H groups in total. The number of phenols is 1. The minimum absolute atomic E-state index is 0.336. The summed E-state index contributed by atoms with van der Waals surface area (Å²) in [6.07, 6.45) is 12.9. The fourth-order valence-electron chi connectivity index (χ4n) is 4.27. The van der Waals surface area contributed by atoms with Crippen LogP contribution in [0.1, 0.15) is 76.5 Å². The summed E-state index contributed by atoms with van der Waals surface area (Å²) in [6.45, 7) is 12.8. The number of aryl methyl sites for hydroxylation is 1. The van der Waals surface area contributed by atoms with Crippen LogP contribution in [0.5, 0.6) is 11.5 Å². The minimum Gasteiger partial charge on any atom is -0.507 e. The third-order valence-corrected chi connectivity index (χ3v) is 6.17. The number of hydrogen-bond donors (Lipinski definition) is 1. The lowest BCUT2D eigenvalue weighted by atomic mass is 9.91. The first-order chi connectivity index (χ1) is 14.4. The smallest absolute Gasteiger partial charge is 0.131 e. The number of nitrogens with zero attached hydrogens (tertiary/aromatic N) is 1. The maximum Gasteiger partial charge on any atom is 0.131 e. The lowest BCUT2D eigenvalue weighted by Gasteiger charge is -2.33. The van der Waals surface area contributed by atoms with Crippen molar-refractivity contribution in [3.05, 3.63) is 40.5 Å². The molecule has 0 aliphatic carbocycles. The van der Waals surface area contributed by atoms with Crippen LogP contribution in [0.15, 0.2) is 23.8 Å². The monoisotopic (exact) mass is 413 g/mol. The van der Waals surface area contributed by atoms with E-state index < -0.39 is 0 Å². The van der Waals surface area contributed by atoms with Crippen LogP contribution in [0.25, 0.3) is 6.08 Å². The highest BCUT2D eigenvalue weighted by atomic mass is 16.5. The maximum atomic E-state index is 11.2. The summed E-state index contributed by atoms with van der Waals surface area (Å²) in [7, 11) is 0.